The molecule has 1 amide bonds. The second-order valence-corrected chi connectivity index (χ2v) is 8.42. The summed E-state index contributed by atoms with van der Waals surface area (Å²) in [6, 6.07) is 5.30. The van der Waals surface area contributed by atoms with Crippen molar-refractivity contribution in [3.63, 3.8) is 0 Å². The SMILES string of the molecule is CCOC(=O)c1c(NC(=O)C2=C(C)NC(=S)N[C@H]2c2ccc(F)cc2)sc(C)c1C. The fourth-order valence-electron chi connectivity index (χ4n) is 3.23. The third-order valence-electron chi connectivity index (χ3n) is 4.81. The Bertz CT molecular complexity index is 1040. The number of benzene rings is 1. The lowest BCUT2D eigenvalue weighted by Gasteiger charge is -2.30. The van der Waals surface area contributed by atoms with Gasteiger partial charge in [-0.25, -0.2) is 9.18 Å². The van der Waals surface area contributed by atoms with Crippen LogP contribution >= 0.6 is 23.6 Å². The number of ether oxygens (including phenoxy) is 1. The summed E-state index contributed by atoms with van der Waals surface area (Å²) >= 11 is 6.55. The smallest absolute Gasteiger partial charge is 0.341 e. The van der Waals surface area contributed by atoms with Crippen molar-refractivity contribution in [1.29, 1.82) is 0 Å². The Morgan fingerprint density at radius 3 is 2.53 bits per heavy atom. The van der Waals surface area contributed by atoms with Gasteiger partial charge in [0.2, 0.25) is 0 Å². The lowest BCUT2D eigenvalue weighted by Crippen LogP contribution is -2.45. The van der Waals surface area contributed by atoms with E-state index < -0.39 is 17.9 Å². The number of halogens is 1. The number of carbonyl (C=O) groups excluding carboxylic acids is 2. The fourth-order valence-corrected chi connectivity index (χ4v) is 4.55. The number of allylic oxidation sites excluding steroid dienone is 1. The molecule has 0 unspecified atom stereocenters. The van der Waals surface area contributed by atoms with Crippen LogP contribution in [0.3, 0.4) is 0 Å². The van der Waals surface area contributed by atoms with E-state index in [4.69, 9.17) is 17.0 Å². The normalized spacial score (nSPS) is 16.0. The van der Waals surface area contributed by atoms with Crippen LogP contribution in [-0.4, -0.2) is 23.6 Å². The number of anilines is 1. The maximum Gasteiger partial charge on any atom is 0.341 e. The molecule has 9 heteroatoms. The predicted octanol–water partition coefficient (Wildman–Crippen LogP) is 4.11. The van der Waals surface area contributed by atoms with E-state index in [-0.39, 0.29) is 12.4 Å². The molecule has 1 aliphatic rings. The average Bonchev–Trinajstić information content (AvgIpc) is 2.95. The third-order valence-corrected chi connectivity index (χ3v) is 6.15. The molecule has 6 nitrogen and oxygen atoms in total. The number of thiocarbonyl (C=S) groups is 1. The molecule has 0 saturated carbocycles. The molecule has 1 atom stereocenters. The van der Waals surface area contributed by atoms with Crippen molar-refractivity contribution < 1.29 is 18.7 Å². The Morgan fingerprint density at radius 2 is 1.90 bits per heavy atom. The van der Waals surface area contributed by atoms with E-state index in [0.29, 0.717) is 32.5 Å². The minimum atomic E-state index is -0.562. The zero-order valence-electron chi connectivity index (χ0n) is 17.0. The summed E-state index contributed by atoms with van der Waals surface area (Å²) in [4.78, 5) is 26.6. The van der Waals surface area contributed by atoms with Gasteiger partial charge in [-0.05, 0) is 63.2 Å². The lowest BCUT2D eigenvalue weighted by molar-refractivity contribution is -0.113. The van der Waals surface area contributed by atoms with Crippen LogP contribution in [0.25, 0.3) is 0 Å². The van der Waals surface area contributed by atoms with Crippen molar-refractivity contribution in [1.82, 2.24) is 10.6 Å². The lowest BCUT2D eigenvalue weighted by atomic mass is 9.95. The Hall–Kier alpha value is -2.78. The number of amides is 1. The highest BCUT2D eigenvalue weighted by atomic mass is 32.1. The van der Waals surface area contributed by atoms with Gasteiger partial charge in [-0.3, -0.25) is 4.79 Å². The number of hydrogen-bond acceptors (Lipinski definition) is 5. The molecular formula is C21H22FN3O3S2. The summed E-state index contributed by atoms with van der Waals surface area (Å²) in [5.74, 6) is -1.24. The number of rotatable bonds is 5. The molecule has 2 heterocycles. The first-order valence-electron chi connectivity index (χ1n) is 9.35. The van der Waals surface area contributed by atoms with Gasteiger partial charge in [-0.2, -0.15) is 0 Å². The first-order chi connectivity index (χ1) is 14.2. The Balaban J connectivity index is 1.97. The van der Waals surface area contributed by atoms with Crippen LogP contribution in [0, 0.1) is 19.7 Å². The van der Waals surface area contributed by atoms with Crippen molar-refractivity contribution in [3.8, 4) is 0 Å². The topological polar surface area (TPSA) is 79.5 Å². The molecule has 0 aliphatic carbocycles. The van der Waals surface area contributed by atoms with Crippen LogP contribution in [0.2, 0.25) is 0 Å². The molecule has 2 aromatic rings. The number of hydrogen-bond donors (Lipinski definition) is 3. The summed E-state index contributed by atoms with van der Waals surface area (Å²) in [6.07, 6.45) is 0. The molecule has 30 heavy (non-hydrogen) atoms. The van der Waals surface area contributed by atoms with Crippen LogP contribution in [-0.2, 0) is 9.53 Å². The summed E-state index contributed by atoms with van der Waals surface area (Å²) in [6.45, 7) is 7.42. The molecule has 1 aromatic carbocycles. The molecule has 0 fully saturated rings. The highest BCUT2D eigenvalue weighted by Crippen LogP contribution is 2.35. The van der Waals surface area contributed by atoms with Gasteiger partial charge in [0.05, 0.1) is 23.8 Å². The molecule has 3 rings (SSSR count). The van der Waals surface area contributed by atoms with Crippen LogP contribution in [0.4, 0.5) is 9.39 Å². The van der Waals surface area contributed by atoms with E-state index in [9.17, 15) is 14.0 Å². The van der Waals surface area contributed by atoms with E-state index in [1.165, 1.54) is 23.5 Å². The molecule has 0 radical (unpaired) electrons. The van der Waals surface area contributed by atoms with Crippen molar-refractivity contribution in [2.24, 2.45) is 0 Å². The van der Waals surface area contributed by atoms with Crippen molar-refractivity contribution >= 4 is 45.5 Å². The highest BCUT2D eigenvalue weighted by Gasteiger charge is 2.31. The summed E-state index contributed by atoms with van der Waals surface area (Å²) in [5.41, 5.74) is 2.79. The standard InChI is InChI=1S/C21H22FN3O3S2/c1-5-28-20(27)15-10(2)12(4)30-19(15)25-18(26)16-11(3)23-21(29)24-17(16)13-6-8-14(22)9-7-13/h6-9,17H,5H2,1-4H3,(H,25,26)(H2,23,24,29)/t17-/m0/s1. The van der Waals surface area contributed by atoms with E-state index in [0.717, 1.165) is 10.4 Å². The quantitative estimate of drug-likeness (QED) is 0.473. The van der Waals surface area contributed by atoms with Gasteiger partial charge in [0, 0.05) is 10.6 Å². The van der Waals surface area contributed by atoms with E-state index >= 15 is 0 Å². The first kappa shape index (κ1) is 21.9. The zero-order valence-corrected chi connectivity index (χ0v) is 18.6. The van der Waals surface area contributed by atoms with Gasteiger partial charge in [0.25, 0.3) is 5.91 Å². The molecule has 0 spiro atoms. The van der Waals surface area contributed by atoms with Crippen molar-refractivity contribution in [2.75, 3.05) is 11.9 Å². The van der Waals surface area contributed by atoms with Crippen molar-refractivity contribution in [3.05, 3.63) is 62.9 Å². The second kappa shape index (κ2) is 8.93. The zero-order chi connectivity index (χ0) is 22.0. The third kappa shape index (κ3) is 4.36. The van der Waals surface area contributed by atoms with Crippen molar-refractivity contribution in [2.45, 2.75) is 33.7 Å². The summed E-state index contributed by atoms with van der Waals surface area (Å²) in [7, 11) is 0. The average molecular weight is 448 g/mol. The number of carbonyl (C=O) groups is 2. The van der Waals surface area contributed by atoms with Gasteiger partial charge in [-0.15, -0.1) is 11.3 Å². The highest BCUT2D eigenvalue weighted by molar-refractivity contribution is 7.80. The summed E-state index contributed by atoms with van der Waals surface area (Å²) in [5, 5.41) is 9.68. The Labute approximate surface area is 183 Å². The number of nitrogens with one attached hydrogen (secondary N) is 3. The Kier molecular flexibility index (Phi) is 6.52. The molecule has 0 saturated heterocycles. The number of aryl methyl sites for hydroxylation is 1. The maximum absolute atomic E-state index is 13.4. The monoisotopic (exact) mass is 447 g/mol. The van der Waals surface area contributed by atoms with Crippen LogP contribution < -0.4 is 16.0 Å². The van der Waals surface area contributed by atoms with Crippen LogP contribution in [0.1, 0.15) is 46.3 Å². The van der Waals surface area contributed by atoms with Gasteiger partial charge in [0.15, 0.2) is 5.11 Å². The van der Waals surface area contributed by atoms with E-state index in [1.807, 2.05) is 13.8 Å². The summed E-state index contributed by atoms with van der Waals surface area (Å²) < 4.78 is 18.5. The van der Waals surface area contributed by atoms with E-state index in [1.54, 1.807) is 26.0 Å². The largest absolute Gasteiger partial charge is 0.462 e. The van der Waals surface area contributed by atoms with Gasteiger partial charge < -0.3 is 20.7 Å². The second-order valence-electron chi connectivity index (χ2n) is 6.78. The van der Waals surface area contributed by atoms with Crippen LogP contribution in [0.15, 0.2) is 35.5 Å². The maximum atomic E-state index is 13.4. The number of esters is 1. The molecule has 3 N–H and O–H groups in total. The molecule has 1 aliphatic heterocycles. The number of thiophene rings is 1. The minimum absolute atomic E-state index is 0.239. The van der Waals surface area contributed by atoms with Crippen LogP contribution in [0.5, 0.6) is 0 Å². The predicted molar refractivity (Wildman–Crippen MR) is 119 cm³/mol. The molecule has 1 aromatic heterocycles. The molecular weight excluding hydrogens is 425 g/mol. The van der Waals surface area contributed by atoms with E-state index in [2.05, 4.69) is 16.0 Å². The minimum Gasteiger partial charge on any atom is -0.462 e. The fraction of sp³-hybridized carbons (Fsp3) is 0.286. The van der Waals surface area contributed by atoms with Gasteiger partial charge in [0.1, 0.15) is 10.8 Å². The first-order valence-corrected chi connectivity index (χ1v) is 10.6. The molecule has 0 bridgehead atoms. The Morgan fingerprint density at radius 1 is 1.23 bits per heavy atom. The van der Waals surface area contributed by atoms with Gasteiger partial charge >= 0.3 is 5.97 Å². The van der Waals surface area contributed by atoms with Gasteiger partial charge in [-0.1, -0.05) is 12.1 Å². The molecule has 158 valence electrons.